The second kappa shape index (κ2) is 8.91. The van der Waals surface area contributed by atoms with Gasteiger partial charge in [0.2, 0.25) is 0 Å². The fourth-order valence-electron chi connectivity index (χ4n) is 1.48. The van der Waals surface area contributed by atoms with Gasteiger partial charge in [-0.3, -0.25) is 0 Å². The van der Waals surface area contributed by atoms with Crippen molar-refractivity contribution in [3.8, 4) is 5.75 Å². The molecule has 0 aliphatic heterocycles. The van der Waals surface area contributed by atoms with E-state index in [4.69, 9.17) is 14.6 Å². The first-order valence-electron chi connectivity index (χ1n) is 6.35. The SMILES string of the molecule is CCCCOCC(O)COc1ccccc1CO. The standard InChI is InChI=1S/C14H22O4/c1-2-3-8-17-10-13(16)11-18-14-7-5-4-6-12(14)9-15/h4-7,13,15-16H,2-3,8-11H2,1H3. The second-order valence-corrected chi connectivity index (χ2v) is 4.16. The van der Waals surface area contributed by atoms with E-state index >= 15 is 0 Å². The number of ether oxygens (including phenoxy) is 2. The van der Waals surface area contributed by atoms with Crippen LogP contribution in [0.3, 0.4) is 0 Å². The van der Waals surface area contributed by atoms with Gasteiger partial charge in [-0.05, 0) is 12.5 Å². The number of aliphatic hydroxyl groups excluding tert-OH is 2. The molecule has 18 heavy (non-hydrogen) atoms. The summed E-state index contributed by atoms with van der Waals surface area (Å²) >= 11 is 0. The maximum absolute atomic E-state index is 9.66. The Kier molecular flexibility index (Phi) is 7.41. The van der Waals surface area contributed by atoms with E-state index in [1.807, 2.05) is 12.1 Å². The summed E-state index contributed by atoms with van der Waals surface area (Å²) < 4.78 is 10.8. The Morgan fingerprint density at radius 3 is 2.72 bits per heavy atom. The number of aliphatic hydroxyl groups is 2. The first-order chi connectivity index (χ1) is 8.77. The molecule has 2 N–H and O–H groups in total. The lowest BCUT2D eigenvalue weighted by Gasteiger charge is -2.14. The molecule has 4 heteroatoms. The van der Waals surface area contributed by atoms with Crippen LogP contribution in [0.2, 0.25) is 0 Å². The minimum absolute atomic E-state index is 0.0702. The lowest BCUT2D eigenvalue weighted by molar-refractivity contribution is 0.0109. The van der Waals surface area contributed by atoms with Crippen molar-refractivity contribution in [2.75, 3.05) is 19.8 Å². The van der Waals surface area contributed by atoms with Crippen molar-refractivity contribution in [3.63, 3.8) is 0 Å². The summed E-state index contributed by atoms with van der Waals surface area (Å²) in [4.78, 5) is 0. The van der Waals surface area contributed by atoms with Crippen molar-refractivity contribution < 1.29 is 19.7 Å². The molecule has 0 aliphatic rings. The highest BCUT2D eigenvalue weighted by Crippen LogP contribution is 2.17. The molecule has 0 aliphatic carbocycles. The van der Waals surface area contributed by atoms with Gasteiger partial charge in [0.1, 0.15) is 18.5 Å². The maximum atomic E-state index is 9.66. The third-order valence-electron chi connectivity index (χ3n) is 2.53. The van der Waals surface area contributed by atoms with Gasteiger partial charge in [-0.1, -0.05) is 31.5 Å². The van der Waals surface area contributed by atoms with Gasteiger partial charge in [0, 0.05) is 12.2 Å². The molecule has 1 aromatic carbocycles. The van der Waals surface area contributed by atoms with Crippen LogP contribution in [0.5, 0.6) is 5.75 Å². The lowest BCUT2D eigenvalue weighted by atomic mass is 10.2. The highest BCUT2D eigenvalue weighted by atomic mass is 16.5. The van der Waals surface area contributed by atoms with E-state index in [0.29, 0.717) is 12.4 Å². The van der Waals surface area contributed by atoms with Gasteiger partial charge in [-0.15, -0.1) is 0 Å². The van der Waals surface area contributed by atoms with Crippen LogP contribution < -0.4 is 4.74 Å². The number of unbranched alkanes of at least 4 members (excludes halogenated alkanes) is 1. The third kappa shape index (κ3) is 5.49. The molecule has 0 aromatic heterocycles. The largest absolute Gasteiger partial charge is 0.490 e. The van der Waals surface area contributed by atoms with Crippen LogP contribution in [0.15, 0.2) is 24.3 Å². The topological polar surface area (TPSA) is 58.9 Å². The van der Waals surface area contributed by atoms with E-state index in [0.717, 1.165) is 18.4 Å². The Bertz CT molecular complexity index is 327. The van der Waals surface area contributed by atoms with Gasteiger partial charge in [0.05, 0.1) is 13.2 Å². The summed E-state index contributed by atoms with van der Waals surface area (Å²) in [7, 11) is 0. The molecule has 0 bridgehead atoms. The van der Waals surface area contributed by atoms with Gasteiger partial charge in [0.25, 0.3) is 0 Å². The van der Waals surface area contributed by atoms with Gasteiger partial charge in [0.15, 0.2) is 0 Å². The van der Waals surface area contributed by atoms with Crippen molar-refractivity contribution in [3.05, 3.63) is 29.8 Å². The molecular weight excluding hydrogens is 232 g/mol. The minimum Gasteiger partial charge on any atom is -0.490 e. The zero-order chi connectivity index (χ0) is 13.2. The quantitative estimate of drug-likeness (QED) is 0.659. The maximum Gasteiger partial charge on any atom is 0.124 e. The summed E-state index contributed by atoms with van der Waals surface area (Å²) in [5, 5.41) is 18.8. The van der Waals surface area contributed by atoms with Crippen LogP contribution in [-0.4, -0.2) is 36.1 Å². The van der Waals surface area contributed by atoms with Crippen molar-refractivity contribution in [2.45, 2.75) is 32.5 Å². The van der Waals surface area contributed by atoms with Crippen LogP contribution in [0.4, 0.5) is 0 Å². The molecule has 0 saturated heterocycles. The summed E-state index contributed by atoms with van der Waals surface area (Å²) in [6, 6.07) is 7.23. The van der Waals surface area contributed by atoms with E-state index in [2.05, 4.69) is 6.92 Å². The summed E-state index contributed by atoms with van der Waals surface area (Å²) in [6.07, 6.45) is 1.44. The monoisotopic (exact) mass is 254 g/mol. The van der Waals surface area contributed by atoms with Crippen LogP contribution in [0.25, 0.3) is 0 Å². The number of para-hydroxylation sites is 1. The highest BCUT2D eigenvalue weighted by molar-refractivity contribution is 5.32. The fraction of sp³-hybridized carbons (Fsp3) is 0.571. The molecule has 0 saturated carbocycles. The van der Waals surface area contributed by atoms with Crippen LogP contribution in [-0.2, 0) is 11.3 Å². The van der Waals surface area contributed by atoms with Crippen LogP contribution in [0, 0.1) is 0 Å². The third-order valence-corrected chi connectivity index (χ3v) is 2.53. The van der Waals surface area contributed by atoms with Gasteiger partial charge < -0.3 is 19.7 Å². The fourth-order valence-corrected chi connectivity index (χ4v) is 1.48. The van der Waals surface area contributed by atoms with Gasteiger partial charge >= 0.3 is 0 Å². The zero-order valence-corrected chi connectivity index (χ0v) is 10.8. The molecule has 102 valence electrons. The zero-order valence-electron chi connectivity index (χ0n) is 10.8. The number of hydrogen-bond acceptors (Lipinski definition) is 4. The predicted molar refractivity (Wildman–Crippen MR) is 69.6 cm³/mol. The molecule has 0 heterocycles. The molecule has 1 rings (SSSR count). The van der Waals surface area contributed by atoms with E-state index in [1.54, 1.807) is 12.1 Å². The predicted octanol–water partition coefficient (Wildman–Crippen LogP) is 1.74. The molecule has 1 aromatic rings. The first kappa shape index (κ1) is 15.0. The Morgan fingerprint density at radius 2 is 2.00 bits per heavy atom. The number of hydrogen-bond donors (Lipinski definition) is 2. The van der Waals surface area contributed by atoms with Crippen molar-refractivity contribution in [1.82, 2.24) is 0 Å². The van der Waals surface area contributed by atoms with Crippen LogP contribution >= 0.6 is 0 Å². The molecule has 1 atom stereocenters. The Labute approximate surface area is 108 Å². The molecule has 0 radical (unpaired) electrons. The van der Waals surface area contributed by atoms with E-state index in [9.17, 15) is 5.11 Å². The molecule has 0 fully saturated rings. The minimum atomic E-state index is -0.645. The molecule has 0 amide bonds. The van der Waals surface area contributed by atoms with Crippen molar-refractivity contribution in [2.24, 2.45) is 0 Å². The normalized spacial score (nSPS) is 12.4. The Morgan fingerprint density at radius 1 is 1.22 bits per heavy atom. The summed E-state index contributed by atoms with van der Waals surface area (Å²) in [5.74, 6) is 0.604. The molecule has 0 spiro atoms. The van der Waals surface area contributed by atoms with E-state index < -0.39 is 6.10 Å². The lowest BCUT2D eigenvalue weighted by Crippen LogP contribution is -2.24. The average Bonchev–Trinajstić information content (AvgIpc) is 2.41. The number of rotatable bonds is 9. The van der Waals surface area contributed by atoms with Gasteiger partial charge in [-0.2, -0.15) is 0 Å². The number of benzene rings is 1. The van der Waals surface area contributed by atoms with Gasteiger partial charge in [-0.25, -0.2) is 0 Å². The summed E-state index contributed by atoms with van der Waals surface area (Å²) in [6.45, 7) is 3.14. The van der Waals surface area contributed by atoms with Crippen molar-refractivity contribution >= 4 is 0 Å². The second-order valence-electron chi connectivity index (χ2n) is 4.16. The first-order valence-corrected chi connectivity index (χ1v) is 6.35. The average molecular weight is 254 g/mol. The Hall–Kier alpha value is -1.10. The van der Waals surface area contributed by atoms with Crippen LogP contribution in [0.1, 0.15) is 25.3 Å². The highest BCUT2D eigenvalue weighted by Gasteiger charge is 2.07. The Balaban J connectivity index is 2.26. The van der Waals surface area contributed by atoms with E-state index in [1.165, 1.54) is 0 Å². The summed E-state index contributed by atoms with van der Waals surface area (Å²) in [5.41, 5.74) is 0.719. The van der Waals surface area contributed by atoms with E-state index in [-0.39, 0.29) is 19.8 Å². The van der Waals surface area contributed by atoms with Crippen molar-refractivity contribution in [1.29, 1.82) is 0 Å². The molecule has 4 nitrogen and oxygen atoms in total. The molecular formula is C14H22O4. The smallest absolute Gasteiger partial charge is 0.124 e. The molecule has 1 unspecified atom stereocenters.